The second-order valence-electron chi connectivity index (χ2n) is 4.32. The van der Waals surface area contributed by atoms with Gasteiger partial charge in [-0.2, -0.15) is 0 Å². The van der Waals surface area contributed by atoms with Crippen molar-refractivity contribution in [3.63, 3.8) is 0 Å². The molecule has 0 spiro atoms. The summed E-state index contributed by atoms with van der Waals surface area (Å²) >= 11 is 1.24. The van der Waals surface area contributed by atoms with Gasteiger partial charge in [0.2, 0.25) is 16.9 Å². The first kappa shape index (κ1) is 14.4. The van der Waals surface area contributed by atoms with Crippen LogP contribution in [0, 0.1) is 0 Å². The van der Waals surface area contributed by atoms with Gasteiger partial charge in [-0.1, -0.05) is 18.7 Å². The highest BCUT2D eigenvalue weighted by atomic mass is 32.2. The second kappa shape index (κ2) is 6.47. The summed E-state index contributed by atoms with van der Waals surface area (Å²) in [5, 5.41) is 11.3. The van der Waals surface area contributed by atoms with Crippen molar-refractivity contribution in [1.29, 1.82) is 0 Å². The zero-order valence-electron chi connectivity index (χ0n) is 11.4. The van der Waals surface area contributed by atoms with Crippen LogP contribution in [0.4, 0.5) is 0 Å². The Bertz CT molecular complexity index is 566. The second-order valence-corrected chi connectivity index (χ2v) is 5.26. The lowest BCUT2D eigenvalue weighted by Crippen LogP contribution is -2.33. The summed E-state index contributed by atoms with van der Waals surface area (Å²) in [7, 11) is 0. The molecule has 0 radical (unpaired) electrons. The Morgan fingerprint density at radius 3 is 3.05 bits per heavy atom. The normalized spacial score (nSPS) is 12.3. The molecule has 20 heavy (non-hydrogen) atoms. The first-order valence-corrected chi connectivity index (χ1v) is 7.27. The highest BCUT2D eigenvalue weighted by molar-refractivity contribution is 7.99. The largest absolute Gasteiger partial charge is 0.461 e. The maximum atomic E-state index is 11.7. The van der Waals surface area contributed by atoms with Gasteiger partial charge in [0.25, 0.3) is 0 Å². The summed E-state index contributed by atoms with van der Waals surface area (Å²) in [6, 6.07) is 3.66. The fourth-order valence-electron chi connectivity index (χ4n) is 1.50. The first-order valence-electron chi connectivity index (χ1n) is 6.28. The van der Waals surface area contributed by atoms with Crippen LogP contribution in [0.15, 0.2) is 28.0 Å². The third kappa shape index (κ3) is 3.32. The van der Waals surface area contributed by atoms with Crippen molar-refractivity contribution >= 4 is 17.7 Å². The van der Waals surface area contributed by atoms with Crippen molar-refractivity contribution in [3.05, 3.63) is 18.4 Å². The van der Waals surface area contributed by atoms with Crippen LogP contribution >= 0.6 is 11.8 Å². The average molecular weight is 295 g/mol. The van der Waals surface area contributed by atoms with Gasteiger partial charge in [0, 0.05) is 6.04 Å². The van der Waals surface area contributed by atoms with Gasteiger partial charge in [-0.05, 0) is 25.5 Å². The Labute approximate surface area is 120 Å². The number of hydrogen-bond acceptors (Lipinski definition) is 6. The third-order valence-corrected chi connectivity index (χ3v) is 3.70. The van der Waals surface area contributed by atoms with Gasteiger partial charge in [-0.3, -0.25) is 4.79 Å². The number of aromatic nitrogens is 3. The highest BCUT2D eigenvalue weighted by Crippen LogP contribution is 2.21. The number of hydrogen-bond donors (Lipinski definition) is 2. The fourth-order valence-corrected chi connectivity index (χ4v) is 2.17. The summed E-state index contributed by atoms with van der Waals surface area (Å²) in [5.74, 6) is 7.05. The molecule has 1 atom stereocenters. The summed E-state index contributed by atoms with van der Waals surface area (Å²) < 4.78 is 6.53. The lowest BCUT2D eigenvalue weighted by Gasteiger charge is -2.10. The minimum absolute atomic E-state index is 0.0492. The number of thioether (sulfide) groups is 1. The molecule has 0 aliphatic heterocycles. The van der Waals surface area contributed by atoms with Crippen LogP contribution in [0.5, 0.6) is 0 Å². The smallest absolute Gasteiger partial charge is 0.230 e. The van der Waals surface area contributed by atoms with Gasteiger partial charge in [-0.15, -0.1) is 10.2 Å². The molecule has 2 heterocycles. The van der Waals surface area contributed by atoms with E-state index >= 15 is 0 Å². The molecule has 2 aromatic heterocycles. The zero-order valence-corrected chi connectivity index (χ0v) is 12.2. The van der Waals surface area contributed by atoms with Gasteiger partial charge in [0.1, 0.15) is 0 Å². The molecule has 2 rings (SSSR count). The summed E-state index contributed by atoms with van der Waals surface area (Å²) in [6.07, 6.45) is 2.43. The van der Waals surface area contributed by atoms with Crippen molar-refractivity contribution in [2.45, 2.75) is 31.5 Å². The maximum absolute atomic E-state index is 11.7. The molecule has 0 bridgehead atoms. The number of amides is 1. The van der Waals surface area contributed by atoms with E-state index in [-0.39, 0.29) is 17.7 Å². The number of nitrogens with two attached hydrogens (primary N) is 1. The Hall–Kier alpha value is -1.96. The minimum atomic E-state index is -0.0492. The van der Waals surface area contributed by atoms with Crippen molar-refractivity contribution in [2.24, 2.45) is 0 Å². The fraction of sp³-hybridized carbons (Fsp3) is 0.417. The summed E-state index contributed by atoms with van der Waals surface area (Å²) in [6.45, 7) is 3.98. The van der Waals surface area contributed by atoms with Gasteiger partial charge in [0.05, 0.1) is 12.0 Å². The molecule has 0 aliphatic rings. The number of rotatable bonds is 6. The van der Waals surface area contributed by atoms with Crippen LogP contribution in [0.2, 0.25) is 0 Å². The van der Waals surface area contributed by atoms with E-state index in [4.69, 9.17) is 10.3 Å². The lowest BCUT2D eigenvalue weighted by molar-refractivity contribution is -0.119. The van der Waals surface area contributed by atoms with Crippen LogP contribution in [0.25, 0.3) is 11.6 Å². The quantitative estimate of drug-likeness (QED) is 0.615. The number of carbonyl (C=O) groups is 1. The van der Waals surface area contributed by atoms with E-state index in [1.807, 2.05) is 13.8 Å². The van der Waals surface area contributed by atoms with Crippen molar-refractivity contribution < 1.29 is 9.21 Å². The number of furan rings is 1. The molecule has 3 N–H and O–H groups in total. The Morgan fingerprint density at radius 2 is 2.40 bits per heavy atom. The van der Waals surface area contributed by atoms with E-state index in [0.717, 1.165) is 6.42 Å². The number of carbonyl (C=O) groups excluding carboxylic acids is 1. The monoisotopic (exact) mass is 295 g/mol. The molecule has 108 valence electrons. The SMILES string of the molecule is CC[C@@H](C)NC(=O)CSc1nnc(-c2ccco2)n1N. The van der Waals surface area contributed by atoms with E-state index in [9.17, 15) is 4.79 Å². The molecule has 1 amide bonds. The zero-order chi connectivity index (χ0) is 14.5. The molecule has 0 aliphatic carbocycles. The van der Waals surface area contributed by atoms with Crippen LogP contribution in [0.1, 0.15) is 20.3 Å². The maximum Gasteiger partial charge on any atom is 0.230 e. The van der Waals surface area contributed by atoms with Crippen LogP contribution in [0.3, 0.4) is 0 Å². The van der Waals surface area contributed by atoms with Crippen molar-refractivity contribution in [2.75, 3.05) is 11.6 Å². The van der Waals surface area contributed by atoms with E-state index < -0.39 is 0 Å². The van der Waals surface area contributed by atoms with E-state index in [2.05, 4.69) is 15.5 Å². The van der Waals surface area contributed by atoms with Crippen LogP contribution < -0.4 is 11.2 Å². The molecule has 0 saturated carbocycles. The minimum Gasteiger partial charge on any atom is -0.461 e. The third-order valence-electron chi connectivity index (χ3n) is 2.76. The molecule has 8 heteroatoms. The van der Waals surface area contributed by atoms with Gasteiger partial charge < -0.3 is 15.6 Å². The average Bonchev–Trinajstić information content (AvgIpc) is 3.06. The first-order chi connectivity index (χ1) is 9.61. The van der Waals surface area contributed by atoms with E-state index in [1.165, 1.54) is 22.7 Å². The number of nitrogens with one attached hydrogen (secondary N) is 1. The van der Waals surface area contributed by atoms with Crippen LogP contribution in [-0.4, -0.2) is 32.6 Å². The Kier molecular flexibility index (Phi) is 4.67. The molecule has 0 unspecified atom stereocenters. The summed E-state index contributed by atoms with van der Waals surface area (Å²) in [5.41, 5.74) is 0. The van der Waals surface area contributed by atoms with Gasteiger partial charge in [0.15, 0.2) is 5.76 Å². The molecular formula is C12H17N5O2S. The predicted molar refractivity (Wildman–Crippen MR) is 76.5 cm³/mol. The summed E-state index contributed by atoms with van der Waals surface area (Å²) in [4.78, 5) is 11.7. The van der Waals surface area contributed by atoms with Crippen LogP contribution in [-0.2, 0) is 4.79 Å². The van der Waals surface area contributed by atoms with Crippen molar-refractivity contribution in [1.82, 2.24) is 20.2 Å². The predicted octanol–water partition coefficient (Wildman–Crippen LogP) is 1.26. The number of nitrogen functional groups attached to an aromatic ring is 1. The molecular weight excluding hydrogens is 278 g/mol. The van der Waals surface area contributed by atoms with Gasteiger partial charge in [-0.25, -0.2) is 4.68 Å². The molecule has 0 aromatic carbocycles. The topological polar surface area (TPSA) is 99.0 Å². The highest BCUT2D eigenvalue weighted by Gasteiger charge is 2.15. The molecule has 0 saturated heterocycles. The van der Waals surface area contributed by atoms with Crippen molar-refractivity contribution in [3.8, 4) is 11.6 Å². The standard InChI is InChI=1S/C12H17N5O2S/c1-3-8(2)14-10(18)7-20-12-16-15-11(17(12)13)9-5-4-6-19-9/h4-6,8H,3,7,13H2,1-2H3,(H,14,18)/t8-/m1/s1. The molecule has 7 nitrogen and oxygen atoms in total. The Morgan fingerprint density at radius 1 is 1.60 bits per heavy atom. The Balaban J connectivity index is 1.96. The van der Waals surface area contributed by atoms with Gasteiger partial charge >= 0.3 is 0 Å². The van der Waals surface area contributed by atoms with E-state index in [0.29, 0.717) is 16.7 Å². The number of nitrogens with zero attached hydrogens (tertiary/aromatic N) is 3. The molecule has 0 fully saturated rings. The molecule has 2 aromatic rings. The van der Waals surface area contributed by atoms with E-state index in [1.54, 1.807) is 12.1 Å². The lowest BCUT2D eigenvalue weighted by atomic mass is 10.3.